The summed E-state index contributed by atoms with van der Waals surface area (Å²) in [7, 11) is -3.67. The van der Waals surface area contributed by atoms with E-state index >= 15 is 0 Å². The minimum Gasteiger partial charge on any atom is -0.341 e. The molecular formula is C11H13FN4O4S. The number of halogens is 1. The van der Waals surface area contributed by atoms with E-state index in [1.165, 1.54) is 18.3 Å². The molecule has 2 rings (SSSR count). The molecule has 0 spiro atoms. The normalized spacial score (nSPS) is 10.5. The molecule has 0 radical (unpaired) electrons. The Kier molecular flexibility index (Phi) is 5.52. The first kappa shape index (κ1) is 16.8. The van der Waals surface area contributed by atoms with E-state index in [2.05, 4.69) is 9.97 Å². The van der Waals surface area contributed by atoms with Crippen LogP contribution in [0.25, 0.3) is 11.3 Å². The number of hydroxylamine groups is 1. The molecule has 10 heteroatoms. The molecule has 1 aromatic heterocycles. The number of aromatic nitrogens is 2. The molecule has 1 aromatic carbocycles. The molecule has 0 unspecified atom stereocenters. The number of rotatable bonds is 2. The molecule has 0 aliphatic carbocycles. The average molecular weight is 316 g/mol. The molecule has 5 N–H and O–H groups in total. The molecule has 8 nitrogen and oxygen atoms in total. The smallest absolute Gasteiger partial charge is 0.261 e. The van der Waals surface area contributed by atoms with Crippen LogP contribution < -0.4 is 5.48 Å². The van der Waals surface area contributed by atoms with Crippen molar-refractivity contribution in [2.75, 3.05) is 6.26 Å². The minimum absolute atomic E-state index is 0.182. The third kappa shape index (κ3) is 6.12. The summed E-state index contributed by atoms with van der Waals surface area (Å²) >= 11 is 0. The molecule has 0 aliphatic heterocycles. The molecule has 0 aliphatic rings. The third-order valence-corrected chi connectivity index (χ3v) is 2.05. The van der Waals surface area contributed by atoms with Gasteiger partial charge in [-0.25, -0.2) is 14.9 Å². The summed E-state index contributed by atoms with van der Waals surface area (Å²) in [4.78, 5) is 6.72. The molecule has 0 atom stereocenters. The van der Waals surface area contributed by atoms with Crippen LogP contribution in [0.3, 0.4) is 0 Å². The summed E-state index contributed by atoms with van der Waals surface area (Å²) in [6, 6.07) is 5.97. The van der Waals surface area contributed by atoms with E-state index in [4.69, 9.17) is 15.2 Å². The van der Waals surface area contributed by atoms with Gasteiger partial charge in [0.15, 0.2) is 11.7 Å². The summed E-state index contributed by atoms with van der Waals surface area (Å²) in [5.41, 5.74) is 2.79. The lowest BCUT2D eigenvalue weighted by molar-refractivity contribution is 0.233. The molecule has 0 bridgehead atoms. The van der Waals surface area contributed by atoms with Gasteiger partial charge in [-0.15, -0.1) is 0 Å². The van der Waals surface area contributed by atoms with Gasteiger partial charge < -0.3 is 4.98 Å². The van der Waals surface area contributed by atoms with Gasteiger partial charge in [0.05, 0.1) is 11.9 Å². The Labute approximate surface area is 119 Å². The predicted molar refractivity (Wildman–Crippen MR) is 73.2 cm³/mol. The Balaban J connectivity index is 0.000000383. The Bertz CT molecular complexity index is 721. The number of hydrogen-bond donors (Lipinski definition) is 5. The Morgan fingerprint density at radius 1 is 1.48 bits per heavy atom. The van der Waals surface area contributed by atoms with Gasteiger partial charge in [-0.1, -0.05) is 12.1 Å². The number of benzene rings is 1. The van der Waals surface area contributed by atoms with Crippen LogP contribution in [0.2, 0.25) is 0 Å². The van der Waals surface area contributed by atoms with Crippen molar-refractivity contribution in [1.29, 1.82) is 5.41 Å². The second kappa shape index (κ2) is 6.92. The zero-order valence-electron chi connectivity index (χ0n) is 10.8. The standard InChI is InChI=1S/C10H9FN4O.CH4O3S/c11-7-3-1-2-6(4-7)8-5-13-10(14-8)9(12)15-16;1-5(2,3)4/h1-5,16H,(H2,12,15)(H,13,14);1H3,(H,2,3,4). The second-order valence-corrected chi connectivity index (χ2v) is 5.33. The van der Waals surface area contributed by atoms with E-state index < -0.39 is 10.1 Å². The van der Waals surface area contributed by atoms with Crippen LogP contribution in [0, 0.1) is 11.2 Å². The third-order valence-electron chi connectivity index (χ3n) is 2.05. The van der Waals surface area contributed by atoms with Gasteiger partial charge in [0.25, 0.3) is 10.1 Å². The predicted octanol–water partition coefficient (Wildman–Crippen LogP) is 1.02. The van der Waals surface area contributed by atoms with Gasteiger partial charge in [-0.3, -0.25) is 15.2 Å². The molecule has 21 heavy (non-hydrogen) atoms. The van der Waals surface area contributed by atoms with Crippen molar-refractivity contribution in [2.45, 2.75) is 0 Å². The monoisotopic (exact) mass is 316 g/mol. The van der Waals surface area contributed by atoms with E-state index in [1.54, 1.807) is 17.6 Å². The van der Waals surface area contributed by atoms with Gasteiger partial charge in [0.1, 0.15) is 5.82 Å². The molecule has 114 valence electrons. The van der Waals surface area contributed by atoms with Crippen LogP contribution in [0.15, 0.2) is 30.5 Å². The van der Waals surface area contributed by atoms with E-state index in [1.807, 2.05) is 0 Å². The van der Waals surface area contributed by atoms with Crippen molar-refractivity contribution in [3.05, 3.63) is 42.1 Å². The summed E-state index contributed by atoms with van der Waals surface area (Å²) in [6.07, 6.45) is 2.25. The number of H-pyrrole nitrogens is 1. The van der Waals surface area contributed by atoms with Crippen molar-refractivity contribution in [3.63, 3.8) is 0 Å². The average Bonchev–Trinajstić information content (AvgIpc) is 2.85. The van der Waals surface area contributed by atoms with Crippen molar-refractivity contribution >= 4 is 16.0 Å². The van der Waals surface area contributed by atoms with Crippen molar-refractivity contribution < 1.29 is 22.6 Å². The highest BCUT2D eigenvalue weighted by Gasteiger charge is 2.07. The van der Waals surface area contributed by atoms with Crippen LogP contribution in [-0.4, -0.2) is 40.2 Å². The van der Waals surface area contributed by atoms with Crippen molar-refractivity contribution in [1.82, 2.24) is 15.4 Å². The SMILES string of the molecule is CS(=O)(=O)O.N=C(NO)c1nc(-c2cccc(F)c2)c[nH]1. The summed E-state index contributed by atoms with van der Waals surface area (Å²) in [6.45, 7) is 0. The first-order valence-corrected chi connectivity index (χ1v) is 7.28. The number of aromatic amines is 1. The fraction of sp³-hybridized carbons (Fsp3) is 0.0909. The summed E-state index contributed by atoms with van der Waals surface area (Å²) in [5, 5.41) is 15.8. The number of nitrogens with one attached hydrogen (secondary N) is 3. The van der Waals surface area contributed by atoms with Gasteiger partial charge in [-0.05, 0) is 12.1 Å². The summed E-state index contributed by atoms with van der Waals surface area (Å²) in [5.74, 6) is -0.415. The largest absolute Gasteiger partial charge is 0.341 e. The van der Waals surface area contributed by atoms with Gasteiger partial charge >= 0.3 is 0 Å². The number of amidine groups is 1. The van der Waals surface area contributed by atoms with E-state index in [-0.39, 0.29) is 17.5 Å². The van der Waals surface area contributed by atoms with Crippen LogP contribution in [0.4, 0.5) is 4.39 Å². The maximum Gasteiger partial charge on any atom is 0.261 e. The fourth-order valence-corrected chi connectivity index (χ4v) is 1.30. The Morgan fingerprint density at radius 3 is 2.62 bits per heavy atom. The first-order valence-electron chi connectivity index (χ1n) is 5.43. The quantitative estimate of drug-likeness (QED) is 0.243. The molecule has 0 saturated carbocycles. The first-order chi connectivity index (χ1) is 9.70. The highest BCUT2D eigenvalue weighted by molar-refractivity contribution is 7.85. The van der Waals surface area contributed by atoms with E-state index in [0.29, 0.717) is 17.5 Å². The van der Waals surface area contributed by atoms with Crippen LogP contribution in [0.5, 0.6) is 0 Å². The van der Waals surface area contributed by atoms with Crippen molar-refractivity contribution in [2.24, 2.45) is 0 Å². The Morgan fingerprint density at radius 2 is 2.10 bits per heavy atom. The van der Waals surface area contributed by atoms with Gasteiger partial charge in [0.2, 0.25) is 0 Å². The second-order valence-electron chi connectivity index (χ2n) is 3.86. The molecular weight excluding hydrogens is 303 g/mol. The molecule has 0 saturated heterocycles. The highest BCUT2D eigenvalue weighted by atomic mass is 32.2. The zero-order valence-corrected chi connectivity index (χ0v) is 11.6. The minimum atomic E-state index is -3.67. The lowest BCUT2D eigenvalue weighted by atomic mass is 10.2. The number of nitrogens with zero attached hydrogens (tertiary/aromatic N) is 1. The Hall–Kier alpha value is -2.30. The fourth-order valence-electron chi connectivity index (χ4n) is 1.30. The number of hydrogen-bond acceptors (Lipinski definition) is 5. The summed E-state index contributed by atoms with van der Waals surface area (Å²) < 4.78 is 38.8. The van der Waals surface area contributed by atoms with Gasteiger partial charge in [-0.2, -0.15) is 8.42 Å². The molecule has 1 heterocycles. The maximum absolute atomic E-state index is 13.0. The molecule has 0 amide bonds. The van der Waals surface area contributed by atoms with Gasteiger partial charge in [0, 0.05) is 11.8 Å². The molecule has 0 fully saturated rings. The van der Waals surface area contributed by atoms with Crippen molar-refractivity contribution in [3.8, 4) is 11.3 Å². The zero-order chi connectivity index (χ0) is 16.0. The van der Waals surface area contributed by atoms with E-state index in [9.17, 15) is 12.8 Å². The number of imidazole rings is 1. The van der Waals surface area contributed by atoms with Crippen LogP contribution >= 0.6 is 0 Å². The topological polar surface area (TPSA) is 139 Å². The lowest BCUT2D eigenvalue weighted by Gasteiger charge is -1.96. The maximum atomic E-state index is 13.0. The lowest BCUT2D eigenvalue weighted by Crippen LogP contribution is -2.19. The van der Waals surface area contributed by atoms with Crippen LogP contribution in [0.1, 0.15) is 5.82 Å². The molecule has 2 aromatic rings. The van der Waals surface area contributed by atoms with Crippen LogP contribution in [-0.2, 0) is 10.1 Å². The highest BCUT2D eigenvalue weighted by Crippen LogP contribution is 2.17. The van der Waals surface area contributed by atoms with E-state index in [0.717, 1.165) is 0 Å².